The van der Waals surface area contributed by atoms with Crippen LogP contribution in [0.3, 0.4) is 0 Å². The van der Waals surface area contributed by atoms with E-state index in [0.717, 1.165) is 11.6 Å². The molecular weight excluding hydrogens is 313 g/mol. The molecule has 0 atom stereocenters. The van der Waals surface area contributed by atoms with E-state index < -0.39 is 28.9 Å². The van der Waals surface area contributed by atoms with E-state index in [1.54, 1.807) is 29.2 Å². The average molecular weight is 326 g/mol. The topological polar surface area (TPSA) is 82.2 Å². The highest BCUT2D eigenvalue weighted by Crippen LogP contribution is 2.26. The van der Waals surface area contributed by atoms with Crippen molar-refractivity contribution in [1.82, 2.24) is 4.98 Å². The van der Waals surface area contributed by atoms with Crippen molar-refractivity contribution in [2.24, 2.45) is 0 Å². The van der Waals surface area contributed by atoms with E-state index in [2.05, 4.69) is 5.32 Å². The van der Waals surface area contributed by atoms with Gasteiger partial charge in [0, 0.05) is 12.3 Å². The summed E-state index contributed by atoms with van der Waals surface area (Å²) >= 11 is 0. The van der Waals surface area contributed by atoms with E-state index in [4.69, 9.17) is 5.11 Å². The van der Waals surface area contributed by atoms with Crippen molar-refractivity contribution in [2.75, 3.05) is 11.9 Å². The van der Waals surface area contributed by atoms with E-state index in [-0.39, 0.29) is 6.61 Å². The summed E-state index contributed by atoms with van der Waals surface area (Å²) in [7, 11) is 0. The molecule has 1 aromatic heterocycles. The summed E-state index contributed by atoms with van der Waals surface area (Å²) in [4.78, 5) is 25.2. The van der Waals surface area contributed by atoms with E-state index in [1.165, 1.54) is 0 Å². The smallest absolute Gasteiger partial charge is 0.396 e. The fourth-order valence-electron chi connectivity index (χ4n) is 1.90. The lowest BCUT2D eigenvalue weighted by Crippen LogP contribution is -2.25. The number of hydrogen-bond donors (Lipinski definition) is 3. The van der Waals surface area contributed by atoms with Gasteiger partial charge in [-0.05, 0) is 36.2 Å². The summed E-state index contributed by atoms with van der Waals surface area (Å²) in [6, 6.07) is 7.98. The largest absolute Gasteiger partial charge is 0.431 e. The minimum absolute atomic E-state index is 0.00731. The fraction of sp³-hybridized carbons (Fsp3) is 0.200. The molecule has 0 saturated heterocycles. The average Bonchev–Trinajstić information content (AvgIpc) is 2.48. The molecule has 23 heavy (non-hydrogen) atoms. The molecule has 8 heteroatoms. The number of aromatic nitrogens is 1. The Labute approximate surface area is 128 Å². The molecule has 2 aromatic rings. The van der Waals surface area contributed by atoms with Crippen LogP contribution in [0, 0.1) is 0 Å². The van der Waals surface area contributed by atoms with Crippen LogP contribution in [-0.2, 0) is 12.6 Å². The number of aliphatic hydroxyl groups is 1. The van der Waals surface area contributed by atoms with Gasteiger partial charge in [-0.3, -0.25) is 9.59 Å². The van der Waals surface area contributed by atoms with Crippen molar-refractivity contribution in [1.29, 1.82) is 0 Å². The molecule has 0 unspecified atom stereocenters. The molecule has 1 heterocycles. The maximum Gasteiger partial charge on any atom is 0.431 e. The van der Waals surface area contributed by atoms with Crippen molar-refractivity contribution in [3.8, 4) is 0 Å². The zero-order chi connectivity index (χ0) is 17.0. The summed E-state index contributed by atoms with van der Waals surface area (Å²) in [6.45, 7) is -0.00731. The highest BCUT2D eigenvalue weighted by molar-refractivity contribution is 6.03. The van der Waals surface area contributed by atoms with Crippen molar-refractivity contribution in [2.45, 2.75) is 12.6 Å². The van der Waals surface area contributed by atoms with Gasteiger partial charge in [-0.1, -0.05) is 12.1 Å². The number of alkyl halides is 3. The van der Waals surface area contributed by atoms with Crippen LogP contribution in [0.2, 0.25) is 0 Å². The second-order valence-electron chi connectivity index (χ2n) is 4.74. The number of aliphatic hydroxyl groups excluding tert-OH is 1. The van der Waals surface area contributed by atoms with Crippen molar-refractivity contribution < 1.29 is 23.1 Å². The van der Waals surface area contributed by atoms with Gasteiger partial charge in [-0.2, -0.15) is 13.2 Å². The van der Waals surface area contributed by atoms with Crippen LogP contribution in [-0.4, -0.2) is 22.6 Å². The minimum atomic E-state index is -4.68. The summed E-state index contributed by atoms with van der Waals surface area (Å²) in [5.74, 6) is -0.810. The zero-order valence-corrected chi connectivity index (χ0v) is 11.8. The van der Waals surface area contributed by atoms with Crippen molar-refractivity contribution in [3.05, 3.63) is 63.6 Å². The Kier molecular flexibility index (Phi) is 4.85. The first-order valence-corrected chi connectivity index (χ1v) is 6.63. The predicted octanol–water partition coefficient (Wildman–Crippen LogP) is 2.18. The second kappa shape index (κ2) is 6.66. The number of nitrogens with one attached hydrogen (secondary N) is 2. The Bertz CT molecular complexity index is 752. The summed E-state index contributed by atoms with van der Waals surface area (Å²) in [5, 5.41) is 11.2. The molecular formula is C15H13F3N2O3. The third-order valence-electron chi connectivity index (χ3n) is 3.07. The van der Waals surface area contributed by atoms with E-state index in [0.29, 0.717) is 18.2 Å². The molecule has 0 saturated carbocycles. The second-order valence-corrected chi connectivity index (χ2v) is 4.74. The predicted molar refractivity (Wildman–Crippen MR) is 77.2 cm³/mol. The summed E-state index contributed by atoms with van der Waals surface area (Å²) in [5.41, 5.74) is -1.51. The number of carbonyl (C=O) groups excluding carboxylic acids is 1. The molecule has 0 aliphatic heterocycles. The van der Waals surface area contributed by atoms with Gasteiger partial charge in [0.2, 0.25) is 0 Å². The molecule has 5 nitrogen and oxygen atoms in total. The minimum Gasteiger partial charge on any atom is -0.396 e. The van der Waals surface area contributed by atoms with Gasteiger partial charge in [-0.15, -0.1) is 0 Å². The third-order valence-corrected chi connectivity index (χ3v) is 3.07. The molecule has 1 aromatic carbocycles. The van der Waals surface area contributed by atoms with Crippen LogP contribution in [0.1, 0.15) is 21.6 Å². The van der Waals surface area contributed by atoms with Gasteiger partial charge >= 0.3 is 6.18 Å². The van der Waals surface area contributed by atoms with Gasteiger partial charge in [0.1, 0.15) is 11.3 Å². The molecule has 0 bridgehead atoms. The number of hydrogen-bond acceptors (Lipinski definition) is 3. The molecule has 1 amide bonds. The van der Waals surface area contributed by atoms with Crippen molar-refractivity contribution >= 4 is 11.6 Å². The monoisotopic (exact) mass is 326 g/mol. The molecule has 0 spiro atoms. The first-order valence-electron chi connectivity index (χ1n) is 6.63. The van der Waals surface area contributed by atoms with Gasteiger partial charge in [0.05, 0.1) is 0 Å². The number of amides is 1. The zero-order valence-electron chi connectivity index (χ0n) is 11.8. The third kappa shape index (κ3) is 4.19. The molecule has 0 radical (unpaired) electrons. The number of benzene rings is 1. The lowest BCUT2D eigenvalue weighted by molar-refractivity contribution is -0.141. The highest BCUT2D eigenvalue weighted by atomic mass is 19.4. The van der Waals surface area contributed by atoms with E-state index in [9.17, 15) is 22.8 Å². The Morgan fingerprint density at radius 3 is 2.30 bits per heavy atom. The number of anilines is 1. The van der Waals surface area contributed by atoms with Crippen LogP contribution in [0.4, 0.5) is 18.9 Å². The Morgan fingerprint density at radius 2 is 1.78 bits per heavy atom. The summed E-state index contributed by atoms with van der Waals surface area (Å²) < 4.78 is 37.4. The summed E-state index contributed by atoms with van der Waals surface area (Å²) in [6.07, 6.45) is -4.22. The lowest BCUT2D eigenvalue weighted by atomic mass is 10.1. The molecule has 0 fully saturated rings. The molecule has 3 N–H and O–H groups in total. The van der Waals surface area contributed by atoms with Crippen LogP contribution >= 0.6 is 0 Å². The van der Waals surface area contributed by atoms with Crippen LogP contribution in [0.15, 0.2) is 41.2 Å². The van der Waals surface area contributed by atoms with Gasteiger partial charge < -0.3 is 15.4 Å². The van der Waals surface area contributed by atoms with Crippen LogP contribution < -0.4 is 10.9 Å². The number of H-pyrrole nitrogens is 1. The maximum atomic E-state index is 12.5. The molecule has 0 aliphatic carbocycles. The SMILES string of the molecule is O=C(Nc1ccc(CCO)cc1)c1ccc(C(F)(F)F)[nH]c1=O. The van der Waals surface area contributed by atoms with Gasteiger partial charge in [0.25, 0.3) is 11.5 Å². The maximum absolute atomic E-state index is 12.5. The molecule has 122 valence electrons. The van der Waals surface area contributed by atoms with Gasteiger partial charge in [0.15, 0.2) is 0 Å². The molecule has 0 aliphatic rings. The van der Waals surface area contributed by atoms with Crippen molar-refractivity contribution in [3.63, 3.8) is 0 Å². The fourth-order valence-corrected chi connectivity index (χ4v) is 1.90. The molecule has 2 rings (SSSR count). The number of rotatable bonds is 4. The number of pyridine rings is 1. The Morgan fingerprint density at radius 1 is 1.13 bits per heavy atom. The van der Waals surface area contributed by atoms with Crippen LogP contribution in [0.5, 0.6) is 0 Å². The first kappa shape index (κ1) is 16.8. The number of carbonyl (C=O) groups is 1. The van der Waals surface area contributed by atoms with E-state index >= 15 is 0 Å². The Balaban J connectivity index is 2.16. The number of halogens is 3. The standard InChI is InChI=1S/C15H13F3N2O3/c16-15(17,18)12-6-5-11(14(23)20-12)13(22)19-10-3-1-9(2-4-10)7-8-21/h1-6,21H,7-8H2,(H,19,22)(H,20,23). The lowest BCUT2D eigenvalue weighted by Gasteiger charge is -2.08. The van der Waals surface area contributed by atoms with Crippen LogP contribution in [0.25, 0.3) is 0 Å². The Hall–Kier alpha value is -2.61. The highest BCUT2D eigenvalue weighted by Gasteiger charge is 2.32. The van der Waals surface area contributed by atoms with Gasteiger partial charge in [-0.25, -0.2) is 0 Å². The number of aromatic amines is 1. The normalized spacial score (nSPS) is 11.3. The first-order chi connectivity index (χ1) is 10.8. The quantitative estimate of drug-likeness (QED) is 0.805. The van der Waals surface area contributed by atoms with E-state index in [1.807, 2.05) is 0 Å².